The zero-order valence-electron chi connectivity index (χ0n) is 13.0. The molecule has 5 heteroatoms. The van der Waals surface area contributed by atoms with Crippen molar-refractivity contribution in [1.82, 2.24) is 0 Å². The molecule has 0 aliphatic carbocycles. The third-order valence-electron chi connectivity index (χ3n) is 3.78. The van der Waals surface area contributed by atoms with Gasteiger partial charge in [0, 0.05) is 5.56 Å². The van der Waals surface area contributed by atoms with E-state index in [4.69, 9.17) is 0 Å². The molecule has 3 aromatic rings. The molecule has 0 saturated heterocycles. The predicted molar refractivity (Wildman–Crippen MR) is 107 cm³/mol. The van der Waals surface area contributed by atoms with E-state index in [0.717, 1.165) is 22.3 Å². The van der Waals surface area contributed by atoms with Crippen LogP contribution in [0.15, 0.2) is 77.7 Å². The lowest BCUT2D eigenvalue weighted by atomic mass is 9.91. The summed E-state index contributed by atoms with van der Waals surface area (Å²) in [5, 5.41) is 0. The first-order valence-corrected chi connectivity index (χ1v) is 8.64. The minimum absolute atomic E-state index is 0. The molecule has 0 amide bonds. The third-order valence-corrected chi connectivity index (χ3v) is 4.67. The maximum Gasteiger partial charge on any atom is 0.295 e. The first-order chi connectivity index (χ1) is 11.0. The highest BCUT2D eigenvalue weighted by Gasteiger charge is 2.21. The molecule has 0 heterocycles. The Hall–Kier alpha value is -1.70. The van der Waals surface area contributed by atoms with Crippen LogP contribution in [0.1, 0.15) is 5.56 Å². The van der Waals surface area contributed by atoms with E-state index in [1.165, 1.54) is 6.07 Å². The van der Waals surface area contributed by atoms with E-state index < -0.39 is 10.1 Å². The van der Waals surface area contributed by atoms with E-state index in [1.54, 1.807) is 6.07 Å². The fraction of sp³-hybridized carbons (Fsp3) is 0.0526. The first-order valence-electron chi connectivity index (χ1n) is 7.20. The van der Waals surface area contributed by atoms with E-state index >= 15 is 0 Å². The lowest BCUT2D eigenvalue weighted by Crippen LogP contribution is -2.03. The Balaban J connectivity index is 0.00000208. The fourth-order valence-electron chi connectivity index (χ4n) is 2.77. The lowest BCUT2D eigenvalue weighted by Gasteiger charge is -2.16. The molecule has 0 aliphatic heterocycles. The number of benzene rings is 3. The van der Waals surface area contributed by atoms with Gasteiger partial charge in [0.05, 0.1) is 0 Å². The van der Waals surface area contributed by atoms with E-state index in [9.17, 15) is 13.0 Å². The number of rotatable bonds is 3. The molecule has 3 rings (SSSR count). The van der Waals surface area contributed by atoms with Crippen LogP contribution in [0.5, 0.6) is 0 Å². The van der Waals surface area contributed by atoms with E-state index in [1.807, 2.05) is 67.6 Å². The van der Waals surface area contributed by atoms with Gasteiger partial charge in [0.25, 0.3) is 10.1 Å². The quantitative estimate of drug-likeness (QED) is 0.440. The first kappa shape index (κ1) is 18.6. The van der Waals surface area contributed by atoms with Gasteiger partial charge in [0.1, 0.15) is 4.90 Å². The van der Waals surface area contributed by atoms with E-state index in [-0.39, 0.29) is 28.9 Å². The van der Waals surface area contributed by atoms with E-state index in [0.29, 0.717) is 5.56 Å². The number of halogens is 1. The third kappa shape index (κ3) is 3.68. The van der Waals surface area contributed by atoms with Crippen molar-refractivity contribution >= 4 is 34.1 Å². The topological polar surface area (TPSA) is 54.4 Å². The molecule has 0 radical (unpaired) electrons. The maximum atomic E-state index is 11.9. The van der Waals surface area contributed by atoms with Crippen LogP contribution in [0.25, 0.3) is 22.3 Å². The Labute approximate surface area is 159 Å². The summed E-state index contributed by atoms with van der Waals surface area (Å²) < 4.78 is 33.4. The Bertz CT molecular complexity index is 937. The minimum atomic E-state index is -4.33. The molecule has 0 bridgehead atoms. The monoisotopic (exact) mass is 452 g/mol. The second-order valence-corrected chi connectivity index (χ2v) is 6.73. The zero-order chi connectivity index (χ0) is 16.4. The van der Waals surface area contributed by atoms with Crippen LogP contribution in [-0.2, 0) is 10.1 Å². The second-order valence-electron chi connectivity index (χ2n) is 5.34. The van der Waals surface area contributed by atoms with Crippen LogP contribution < -0.4 is 0 Å². The molecule has 0 fully saturated rings. The van der Waals surface area contributed by atoms with Crippen molar-refractivity contribution in [3.8, 4) is 22.3 Å². The second kappa shape index (κ2) is 7.46. The fourth-order valence-corrected chi connectivity index (χ4v) is 3.49. The Kier molecular flexibility index (Phi) is 5.79. The summed E-state index contributed by atoms with van der Waals surface area (Å²) in [5.74, 6) is 0. The summed E-state index contributed by atoms with van der Waals surface area (Å²) in [6, 6.07) is 22.0. The van der Waals surface area contributed by atoms with Crippen molar-refractivity contribution in [2.75, 3.05) is 0 Å². The van der Waals surface area contributed by atoms with Gasteiger partial charge < -0.3 is 0 Å². The highest BCUT2D eigenvalue weighted by atomic mass is 127. The largest absolute Gasteiger partial charge is 0.295 e. The molecule has 0 aromatic heterocycles. The minimum Gasteiger partial charge on any atom is -0.282 e. The molecule has 0 spiro atoms. The normalized spacial score (nSPS) is 10.9. The lowest BCUT2D eigenvalue weighted by molar-refractivity contribution is 0.483. The SMILES string of the molecule is Cc1ccc(S(=O)(=O)O)c(-c2ccccc2)c1-c1ccccc1.I. The zero-order valence-corrected chi connectivity index (χ0v) is 16.2. The smallest absolute Gasteiger partial charge is 0.282 e. The Morgan fingerprint density at radius 3 is 1.62 bits per heavy atom. The van der Waals surface area contributed by atoms with Crippen LogP contribution in [0.3, 0.4) is 0 Å². The molecule has 3 nitrogen and oxygen atoms in total. The molecular weight excluding hydrogens is 435 g/mol. The summed E-state index contributed by atoms with van der Waals surface area (Å²) in [7, 11) is -4.33. The number of hydrogen-bond acceptors (Lipinski definition) is 2. The van der Waals surface area contributed by atoms with Crippen LogP contribution in [0.2, 0.25) is 0 Å². The Morgan fingerprint density at radius 2 is 1.17 bits per heavy atom. The standard InChI is InChI=1S/C19H16O3S.HI/c1-14-12-13-17(23(20,21)22)19(16-10-6-3-7-11-16)18(14)15-8-4-2-5-9-15;/h2-13H,1H3,(H,20,21,22);1H. The van der Waals surface area contributed by atoms with Crippen LogP contribution >= 0.6 is 24.0 Å². The van der Waals surface area contributed by atoms with E-state index in [2.05, 4.69) is 0 Å². The van der Waals surface area contributed by atoms with Crippen molar-refractivity contribution < 1.29 is 13.0 Å². The van der Waals surface area contributed by atoms with Crippen molar-refractivity contribution in [3.63, 3.8) is 0 Å². The molecule has 0 saturated carbocycles. The average molecular weight is 452 g/mol. The van der Waals surface area contributed by atoms with Crippen molar-refractivity contribution in [2.24, 2.45) is 0 Å². The summed E-state index contributed by atoms with van der Waals surface area (Å²) in [4.78, 5) is -0.0758. The van der Waals surface area contributed by atoms with Crippen molar-refractivity contribution in [2.45, 2.75) is 11.8 Å². The predicted octanol–water partition coefficient (Wildman–Crippen LogP) is 5.19. The maximum absolute atomic E-state index is 11.9. The van der Waals surface area contributed by atoms with Crippen LogP contribution in [-0.4, -0.2) is 13.0 Å². The van der Waals surface area contributed by atoms with Gasteiger partial charge in [-0.3, -0.25) is 4.55 Å². The number of aryl methyl sites for hydroxylation is 1. The highest BCUT2D eigenvalue weighted by Crippen LogP contribution is 2.39. The van der Waals surface area contributed by atoms with Crippen molar-refractivity contribution in [3.05, 3.63) is 78.4 Å². The van der Waals surface area contributed by atoms with Gasteiger partial charge in [0.15, 0.2) is 0 Å². The van der Waals surface area contributed by atoms with Gasteiger partial charge >= 0.3 is 0 Å². The van der Waals surface area contributed by atoms with Crippen LogP contribution in [0, 0.1) is 6.92 Å². The highest BCUT2D eigenvalue weighted by molar-refractivity contribution is 14.0. The number of hydrogen-bond donors (Lipinski definition) is 1. The molecule has 24 heavy (non-hydrogen) atoms. The molecule has 3 aromatic carbocycles. The van der Waals surface area contributed by atoms with Gasteiger partial charge in [0.2, 0.25) is 0 Å². The van der Waals surface area contributed by atoms with Gasteiger partial charge in [-0.25, -0.2) is 0 Å². The molecule has 124 valence electrons. The Morgan fingerprint density at radius 1 is 0.708 bits per heavy atom. The van der Waals surface area contributed by atoms with Gasteiger partial charge in [-0.15, -0.1) is 24.0 Å². The molecule has 0 aliphatic rings. The summed E-state index contributed by atoms with van der Waals surface area (Å²) in [6.07, 6.45) is 0. The molecule has 0 unspecified atom stereocenters. The summed E-state index contributed by atoms with van der Waals surface area (Å²) in [5.41, 5.74) is 3.95. The molecule has 1 N–H and O–H groups in total. The average Bonchev–Trinajstić information content (AvgIpc) is 2.55. The van der Waals surface area contributed by atoms with Gasteiger partial charge in [-0.1, -0.05) is 66.7 Å². The summed E-state index contributed by atoms with van der Waals surface area (Å²) in [6.45, 7) is 1.93. The van der Waals surface area contributed by atoms with Crippen molar-refractivity contribution in [1.29, 1.82) is 0 Å². The van der Waals surface area contributed by atoms with Gasteiger partial charge in [-0.05, 0) is 35.2 Å². The summed E-state index contributed by atoms with van der Waals surface area (Å²) >= 11 is 0. The van der Waals surface area contributed by atoms with Gasteiger partial charge in [-0.2, -0.15) is 8.42 Å². The molecular formula is C19H17IO3S. The molecule has 0 atom stereocenters. The van der Waals surface area contributed by atoms with Crippen LogP contribution in [0.4, 0.5) is 0 Å².